The van der Waals surface area contributed by atoms with Crippen LogP contribution in [0.4, 0.5) is 11.5 Å². The number of oxazole rings is 1. The molecule has 5 heteroatoms. The second-order valence-electron chi connectivity index (χ2n) is 6.00. The number of hydrogen-bond donors (Lipinski definition) is 1. The molecule has 1 N–H and O–H groups in total. The fourth-order valence-corrected chi connectivity index (χ4v) is 2.78. The van der Waals surface area contributed by atoms with Crippen LogP contribution in [0, 0.1) is 13.8 Å². The van der Waals surface area contributed by atoms with Crippen LogP contribution in [0.2, 0.25) is 0 Å². The molecule has 5 nitrogen and oxygen atoms in total. The molecule has 0 aliphatic rings. The molecule has 0 atom stereocenters. The number of nitrogens with zero attached hydrogens (tertiary/aromatic N) is 3. The number of para-hydroxylation sites is 1. The van der Waals surface area contributed by atoms with E-state index in [1.54, 1.807) is 6.20 Å². The van der Waals surface area contributed by atoms with Gasteiger partial charge in [0.25, 0.3) is 0 Å². The van der Waals surface area contributed by atoms with Crippen LogP contribution in [0.5, 0.6) is 0 Å². The second-order valence-corrected chi connectivity index (χ2v) is 6.00. The van der Waals surface area contributed by atoms with Crippen molar-refractivity contribution in [3.05, 3.63) is 78.4 Å². The zero-order valence-corrected chi connectivity index (χ0v) is 14.6. The highest BCUT2D eigenvalue weighted by Gasteiger charge is 2.17. The van der Waals surface area contributed by atoms with Gasteiger partial charge in [-0.15, -0.1) is 0 Å². The summed E-state index contributed by atoms with van der Waals surface area (Å²) in [5.74, 6) is 2.04. The van der Waals surface area contributed by atoms with E-state index in [1.807, 2.05) is 74.5 Å². The molecule has 26 heavy (non-hydrogen) atoms. The average molecular weight is 342 g/mol. The Hall–Kier alpha value is -3.47. The summed E-state index contributed by atoms with van der Waals surface area (Å²) in [4.78, 5) is 13.5. The monoisotopic (exact) mass is 342 g/mol. The van der Waals surface area contributed by atoms with Gasteiger partial charge >= 0.3 is 0 Å². The number of hydrogen-bond acceptors (Lipinski definition) is 5. The first kappa shape index (κ1) is 16.0. The first-order chi connectivity index (χ1) is 12.7. The summed E-state index contributed by atoms with van der Waals surface area (Å²) >= 11 is 0. The zero-order chi connectivity index (χ0) is 17.9. The maximum atomic E-state index is 5.89. The third kappa shape index (κ3) is 3.32. The van der Waals surface area contributed by atoms with Gasteiger partial charge in [0, 0.05) is 30.1 Å². The van der Waals surface area contributed by atoms with Crippen molar-refractivity contribution < 1.29 is 4.42 Å². The van der Waals surface area contributed by atoms with Crippen molar-refractivity contribution in [2.45, 2.75) is 13.8 Å². The Labute approximate surface area is 151 Å². The minimum absolute atomic E-state index is 0.604. The van der Waals surface area contributed by atoms with Crippen LogP contribution < -0.4 is 5.32 Å². The van der Waals surface area contributed by atoms with E-state index in [-0.39, 0.29) is 0 Å². The molecule has 0 spiro atoms. The van der Waals surface area contributed by atoms with Crippen molar-refractivity contribution in [2.75, 3.05) is 5.32 Å². The minimum atomic E-state index is 0.604. The van der Waals surface area contributed by atoms with Crippen LogP contribution in [0.15, 0.2) is 71.3 Å². The van der Waals surface area contributed by atoms with Gasteiger partial charge in [-0.1, -0.05) is 24.3 Å². The fourth-order valence-electron chi connectivity index (χ4n) is 2.78. The maximum Gasteiger partial charge on any atom is 0.192 e. The molecule has 3 aromatic heterocycles. The highest BCUT2D eigenvalue weighted by molar-refractivity contribution is 5.76. The molecular weight excluding hydrogens is 324 g/mol. The molecule has 0 unspecified atom stereocenters. The minimum Gasteiger partial charge on any atom is -0.440 e. The zero-order valence-electron chi connectivity index (χ0n) is 14.6. The Balaban J connectivity index is 1.73. The van der Waals surface area contributed by atoms with Crippen molar-refractivity contribution >= 4 is 11.5 Å². The molecule has 3 heterocycles. The topological polar surface area (TPSA) is 63.8 Å². The summed E-state index contributed by atoms with van der Waals surface area (Å²) in [6, 6.07) is 19.7. The van der Waals surface area contributed by atoms with Crippen molar-refractivity contribution in [1.29, 1.82) is 0 Å². The number of rotatable bonds is 4. The summed E-state index contributed by atoms with van der Waals surface area (Å²) in [5, 5.41) is 3.30. The molecule has 0 aliphatic heterocycles. The molecule has 0 fully saturated rings. The predicted molar refractivity (Wildman–Crippen MR) is 102 cm³/mol. The number of aromatic nitrogens is 3. The maximum absolute atomic E-state index is 5.89. The van der Waals surface area contributed by atoms with Gasteiger partial charge in [-0.2, -0.15) is 0 Å². The summed E-state index contributed by atoms with van der Waals surface area (Å²) in [7, 11) is 0. The molecular formula is C21H18N4O. The molecule has 0 amide bonds. The number of nitrogens with one attached hydrogen (secondary N) is 1. The molecule has 128 valence electrons. The summed E-state index contributed by atoms with van der Waals surface area (Å²) in [5.41, 5.74) is 4.35. The molecule has 0 bridgehead atoms. The van der Waals surface area contributed by atoms with E-state index in [2.05, 4.69) is 20.3 Å². The highest BCUT2D eigenvalue weighted by Crippen LogP contribution is 2.32. The summed E-state index contributed by atoms with van der Waals surface area (Å²) in [6.45, 7) is 3.80. The lowest BCUT2D eigenvalue weighted by atomic mass is 10.1. The van der Waals surface area contributed by atoms with Crippen LogP contribution in [-0.2, 0) is 0 Å². The van der Waals surface area contributed by atoms with Crippen molar-refractivity contribution in [3.8, 4) is 22.7 Å². The van der Waals surface area contributed by atoms with Gasteiger partial charge in [-0.3, -0.25) is 4.98 Å². The van der Waals surface area contributed by atoms with Crippen molar-refractivity contribution in [3.63, 3.8) is 0 Å². The van der Waals surface area contributed by atoms with Crippen LogP contribution in [0.1, 0.15) is 11.6 Å². The van der Waals surface area contributed by atoms with Gasteiger partial charge in [0.15, 0.2) is 11.7 Å². The van der Waals surface area contributed by atoms with Gasteiger partial charge in [0.1, 0.15) is 11.5 Å². The summed E-state index contributed by atoms with van der Waals surface area (Å²) in [6.07, 6.45) is 1.76. The number of benzene rings is 1. The molecule has 0 aliphatic carbocycles. The van der Waals surface area contributed by atoms with Crippen molar-refractivity contribution in [2.24, 2.45) is 0 Å². The predicted octanol–water partition coefficient (Wildman–Crippen LogP) is 5.16. The molecule has 4 aromatic rings. The Morgan fingerprint density at radius 2 is 1.73 bits per heavy atom. The number of aryl methyl sites for hydroxylation is 2. The molecule has 4 rings (SSSR count). The van der Waals surface area contributed by atoms with E-state index >= 15 is 0 Å². The fraction of sp³-hybridized carbons (Fsp3) is 0.0952. The lowest BCUT2D eigenvalue weighted by Gasteiger charge is -2.07. The van der Waals surface area contributed by atoms with Crippen LogP contribution in [-0.4, -0.2) is 15.0 Å². The third-order valence-electron chi connectivity index (χ3n) is 3.93. The van der Waals surface area contributed by atoms with E-state index in [4.69, 9.17) is 4.42 Å². The molecule has 1 aromatic carbocycles. The largest absolute Gasteiger partial charge is 0.440 e. The summed E-state index contributed by atoms with van der Waals surface area (Å²) < 4.78 is 5.89. The number of anilines is 2. The van der Waals surface area contributed by atoms with Crippen molar-refractivity contribution in [1.82, 2.24) is 15.0 Å². The SMILES string of the molecule is Cc1cccc(-c2nc(C)oc2-c2ccnc(Nc3ccccc3)c2)n1. The van der Waals surface area contributed by atoms with E-state index in [1.165, 1.54) is 0 Å². The van der Waals surface area contributed by atoms with Gasteiger partial charge in [0.2, 0.25) is 0 Å². The quantitative estimate of drug-likeness (QED) is 0.555. The van der Waals surface area contributed by atoms with Gasteiger partial charge in [-0.25, -0.2) is 9.97 Å². The standard InChI is InChI=1S/C21H18N4O/c1-14-7-6-10-18(23-14)20-21(26-15(2)24-20)16-11-12-22-19(13-16)25-17-8-4-3-5-9-17/h3-13H,1-2H3,(H,22,25). The Kier molecular flexibility index (Phi) is 4.19. The van der Waals surface area contributed by atoms with Crippen LogP contribution in [0.3, 0.4) is 0 Å². The van der Waals surface area contributed by atoms with E-state index < -0.39 is 0 Å². The Bertz CT molecular complexity index is 1040. The normalized spacial score (nSPS) is 10.7. The molecule has 0 radical (unpaired) electrons. The van der Waals surface area contributed by atoms with Crippen LogP contribution >= 0.6 is 0 Å². The Morgan fingerprint density at radius 3 is 2.54 bits per heavy atom. The van der Waals surface area contributed by atoms with Crippen LogP contribution in [0.25, 0.3) is 22.7 Å². The Morgan fingerprint density at radius 1 is 0.885 bits per heavy atom. The van der Waals surface area contributed by atoms with Gasteiger partial charge < -0.3 is 9.73 Å². The third-order valence-corrected chi connectivity index (χ3v) is 3.93. The first-order valence-electron chi connectivity index (χ1n) is 8.39. The lowest BCUT2D eigenvalue weighted by Crippen LogP contribution is -1.94. The second kappa shape index (κ2) is 6.80. The van der Waals surface area contributed by atoms with Gasteiger partial charge in [0.05, 0.1) is 5.69 Å². The average Bonchev–Trinajstić information content (AvgIpc) is 3.05. The lowest BCUT2D eigenvalue weighted by molar-refractivity contribution is 0.534. The number of pyridine rings is 2. The molecule has 0 saturated carbocycles. The van der Waals surface area contributed by atoms with E-state index in [0.29, 0.717) is 11.7 Å². The molecule has 0 saturated heterocycles. The first-order valence-corrected chi connectivity index (χ1v) is 8.39. The smallest absolute Gasteiger partial charge is 0.192 e. The van der Waals surface area contributed by atoms with Gasteiger partial charge in [-0.05, 0) is 43.3 Å². The van der Waals surface area contributed by atoms with E-state index in [0.717, 1.165) is 34.2 Å². The van der Waals surface area contributed by atoms with E-state index in [9.17, 15) is 0 Å². The highest BCUT2D eigenvalue weighted by atomic mass is 16.4.